The average molecular weight is 337 g/mol. The van der Waals surface area contributed by atoms with Gasteiger partial charge >= 0.3 is 0 Å². The topological polar surface area (TPSA) is 41.4 Å². The fourth-order valence-corrected chi connectivity index (χ4v) is 4.79. The molecule has 2 aliphatic heterocycles. The summed E-state index contributed by atoms with van der Waals surface area (Å²) in [6, 6.07) is 0. The number of nitrogens with zero attached hydrogens (tertiary/aromatic N) is 4. The standard InChI is InChI=1S/C17H28N4OS/c1-2-6-16-21(11-12-23-16)17(22)15-13-18-20(14-15)10-9-19-7-4-3-5-8-19/h13-14,16H,2-12H2,1H3. The molecule has 2 aliphatic rings. The van der Waals surface area contributed by atoms with Crippen LogP contribution >= 0.6 is 11.8 Å². The highest BCUT2D eigenvalue weighted by atomic mass is 32.2. The van der Waals surface area contributed by atoms with Crippen molar-refractivity contribution in [3.05, 3.63) is 18.0 Å². The summed E-state index contributed by atoms with van der Waals surface area (Å²) in [6.45, 7) is 7.37. The first-order valence-electron chi connectivity index (χ1n) is 8.95. The minimum Gasteiger partial charge on any atom is -0.326 e. The predicted molar refractivity (Wildman–Crippen MR) is 94.7 cm³/mol. The van der Waals surface area contributed by atoms with E-state index in [0.717, 1.165) is 43.8 Å². The van der Waals surface area contributed by atoms with Crippen LogP contribution in [-0.4, -0.2) is 62.8 Å². The Labute approximate surface area is 143 Å². The van der Waals surface area contributed by atoms with E-state index in [2.05, 4.69) is 16.9 Å². The van der Waals surface area contributed by atoms with Crippen molar-refractivity contribution in [3.63, 3.8) is 0 Å². The highest BCUT2D eigenvalue weighted by Crippen LogP contribution is 2.28. The van der Waals surface area contributed by atoms with Gasteiger partial charge in [0.2, 0.25) is 0 Å². The van der Waals surface area contributed by atoms with Crippen LogP contribution in [0.4, 0.5) is 0 Å². The maximum atomic E-state index is 12.7. The Bertz CT molecular complexity index is 512. The Hall–Kier alpha value is -1.01. The van der Waals surface area contributed by atoms with Gasteiger partial charge in [0.25, 0.3) is 5.91 Å². The zero-order chi connectivity index (χ0) is 16.1. The molecule has 2 fully saturated rings. The summed E-state index contributed by atoms with van der Waals surface area (Å²) < 4.78 is 1.93. The monoisotopic (exact) mass is 336 g/mol. The molecule has 1 amide bonds. The summed E-state index contributed by atoms with van der Waals surface area (Å²) in [5.41, 5.74) is 0.743. The van der Waals surface area contributed by atoms with E-state index in [1.165, 1.54) is 32.4 Å². The van der Waals surface area contributed by atoms with Crippen LogP contribution in [-0.2, 0) is 6.54 Å². The molecule has 0 spiro atoms. The number of hydrogen-bond acceptors (Lipinski definition) is 4. The van der Waals surface area contributed by atoms with Crippen molar-refractivity contribution >= 4 is 17.7 Å². The van der Waals surface area contributed by atoms with Gasteiger partial charge in [-0.25, -0.2) is 0 Å². The lowest BCUT2D eigenvalue weighted by molar-refractivity contribution is 0.0756. The Balaban J connectivity index is 1.54. The predicted octanol–water partition coefficient (Wildman–Crippen LogP) is 2.68. The molecule has 1 aromatic rings. The minimum atomic E-state index is 0.151. The molecule has 3 rings (SSSR count). The second-order valence-corrected chi connectivity index (χ2v) is 7.79. The van der Waals surface area contributed by atoms with E-state index >= 15 is 0 Å². The second kappa shape index (κ2) is 8.20. The third-order valence-electron chi connectivity index (χ3n) is 4.76. The van der Waals surface area contributed by atoms with Crippen LogP contribution in [0.3, 0.4) is 0 Å². The molecule has 1 unspecified atom stereocenters. The molecule has 128 valence electrons. The molecular formula is C17H28N4OS. The average Bonchev–Trinajstić information content (AvgIpc) is 3.23. The molecule has 6 heteroatoms. The lowest BCUT2D eigenvalue weighted by Crippen LogP contribution is -2.34. The normalized spacial score (nSPS) is 22.7. The highest BCUT2D eigenvalue weighted by molar-refractivity contribution is 8.00. The summed E-state index contributed by atoms with van der Waals surface area (Å²) in [6.07, 6.45) is 9.87. The van der Waals surface area contributed by atoms with Gasteiger partial charge in [-0.15, -0.1) is 11.8 Å². The van der Waals surface area contributed by atoms with Crippen LogP contribution in [0.5, 0.6) is 0 Å². The van der Waals surface area contributed by atoms with Crippen molar-refractivity contribution in [2.75, 3.05) is 31.9 Å². The van der Waals surface area contributed by atoms with E-state index in [1.807, 2.05) is 27.5 Å². The van der Waals surface area contributed by atoms with Gasteiger partial charge in [-0.3, -0.25) is 9.48 Å². The quantitative estimate of drug-likeness (QED) is 0.801. The van der Waals surface area contributed by atoms with E-state index in [0.29, 0.717) is 5.37 Å². The van der Waals surface area contributed by atoms with Crippen LogP contribution in [0.15, 0.2) is 12.4 Å². The van der Waals surface area contributed by atoms with Crippen LogP contribution in [0.2, 0.25) is 0 Å². The molecule has 1 atom stereocenters. The molecule has 0 saturated carbocycles. The van der Waals surface area contributed by atoms with Gasteiger partial charge in [-0.2, -0.15) is 5.10 Å². The molecule has 0 N–H and O–H groups in total. The van der Waals surface area contributed by atoms with Crippen molar-refractivity contribution in [3.8, 4) is 0 Å². The molecular weight excluding hydrogens is 308 g/mol. The molecule has 5 nitrogen and oxygen atoms in total. The number of carbonyl (C=O) groups is 1. The smallest absolute Gasteiger partial charge is 0.257 e. The second-order valence-electron chi connectivity index (χ2n) is 6.51. The third kappa shape index (κ3) is 4.29. The maximum Gasteiger partial charge on any atom is 0.257 e. The van der Waals surface area contributed by atoms with Crippen molar-refractivity contribution in [2.45, 2.75) is 50.9 Å². The Morgan fingerprint density at radius 1 is 1.26 bits per heavy atom. The molecule has 2 saturated heterocycles. The number of aromatic nitrogens is 2. The van der Waals surface area contributed by atoms with Gasteiger partial charge < -0.3 is 9.80 Å². The van der Waals surface area contributed by atoms with Crippen molar-refractivity contribution < 1.29 is 4.79 Å². The van der Waals surface area contributed by atoms with Gasteiger partial charge in [0, 0.05) is 25.0 Å². The summed E-state index contributed by atoms with van der Waals surface area (Å²) in [5.74, 6) is 1.21. The zero-order valence-electron chi connectivity index (χ0n) is 14.1. The van der Waals surface area contributed by atoms with Crippen LogP contribution in [0.1, 0.15) is 49.4 Å². The summed E-state index contributed by atoms with van der Waals surface area (Å²) in [7, 11) is 0. The van der Waals surface area contributed by atoms with Crippen LogP contribution in [0, 0.1) is 0 Å². The lowest BCUT2D eigenvalue weighted by Gasteiger charge is -2.26. The van der Waals surface area contributed by atoms with E-state index in [-0.39, 0.29) is 5.91 Å². The first kappa shape index (κ1) is 16.8. The number of carbonyl (C=O) groups excluding carboxylic acids is 1. The summed E-state index contributed by atoms with van der Waals surface area (Å²) in [4.78, 5) is 17.2. The number of amides is 1. The molecule has 0 radical (unpaired) electrons. The molecule has 0 bridgehead atoms. The Kier molecular flexibility index (Phi) is 6.00. The number of likely N-dealkylation sites (tertiary alicyclic amines) is 1. The van der Waals surface area contributed by atoms with Crippen molar-refractivity contribution in [1.82, 2.24) is 19.6 Å². The molecule has 1 aromatic heterocycles. The summed E-state index contributed by atoms with van der Waals surface area (Å²) in [5, 5.41) is 4.75. The largest absolute Gasteiger partial charge is 0.326 e. The third-order valence-corrected chi connectivity index (χ3v) is 6.05. The number of hydrogen-bond donors (Lipinski definition) is 0. The van der Waals surface area contributed by atoms with Crippen molar-refractivity contribution in [2.24, 2.45) is 0 Å². The van der Waals surface area contributed by atoms with Crippen LogP contribution in [0.25, 0.3) is 0 Å². The maximum absolute atomic E-state index is 12.7. The fourth-order valence-electron chi connectivity index (χ4n) is 3.43. The SMILES string of the molecule is CCCC1SCCN1C(=O)c1cnn(CCN2CCCCC2)c1. The van der Waals surface area contributed by atoms with E-state index in [4.69, 9.17) is 0 Å². The van der Waals surface area contributed by atoms with E-state index in [9.17, 15) is 4.79 Å². The molecule has 0 aromatic carbocycles. The van der Waals surface area contributed by atoms with Gasteiger partial charge in [0.15, 0.2) is 0 Å². The highest BCUT2D eigenvalue weighted by Gasteiger charge is 2.29. The van der Waals surface area contributed by atoms with Gasteiger partial charge in [-0.05, 0) is 32.4 Å². The van der Waals surface area contributed by atoms with Crippen molar-refractivity contribution in [1.29, 1.82) is 0 Å². The Morgan fingerprint density at radius 3 is 2.87 bits per heavy atom. The lowest BCUT2D eigenvalue weighted by atomic mass is 10.1. The number of thioether (sulfide) groups is 1. The number of rotatable bonds is 6. The summed E-state index contributed by atoms with van der Waals surface area (Å²) >= 11 is 1.91. The van der Waals surface area contributed by atoms with Gasteiger partial charge in [0.1, 0.15) is 0 Å². The molecule has 3 heterocycles. The molecule has 23 heavy (non-hydrogen) atoms. The first-order chi connectivity index (χ1) is 11.3. The fraction of sp³-hybridized carbons (Fsp3) is 0.765. The first-order valence-corrected chi connectivity index (χ1v) is 10.00. The minimum absolute atomic E-state index is 0.151. The Morgan fingerprint density at radius 2 is 2.09 bits per heavy atom. The zero-order valence-corrected chi connectivity index (χ0v) is 14.9. The van der Waals surface area contributed by atoms with Crippen LogP contribution < -0.4 is 0 Å². The van der Waals surface area contributed by atoms with Gasteiger partial charge in [0.05, 0.1) is 23.7 Å². The number of piperidine rings is 1. The van der Waals surface area contributed by atoms with E-state index in [1.54, 1.807) is 6.20 Å². The molecule has 0 aliphatic carbocycles. The van der Waals surface area contributed by atoms with Gasteiger partial charge in [-0.1, -0.05) is 19.8 Å². The van der Waals surface area contributed by atoms with E-state index < -0.39 is 0 Å².